The lowest BCUT2D eigenvalue weighted by Gasteiger charge is -2.32. The number of likely N-dealkylation sites (tertiary alicyclic amines) is 1. The van der Waals surface area contributed by atoms with Crippen LogP contribution >= 0.6 is 0 Å². The minimum atomic E-state index is -0.263. The molecule has 2 aromatic heterocycles. The van der Waals surface area contributed by atoms with Gasteiger partial charge in [-0.05, 0) is 30.5 Å². The standard InChI is InChI=1S/C21H22FN5O/c1-2-19-23-11-16(12-24-19)21(28)27-8-6-14(7-9-27)20-18(13-25-26-20)15-4-3-5-17(22)10-15/h3-5,10-14H,2,6-9H2,1H3,(H,25,26). The molecule has 4 rings (SSSR count). The minimum Gasteiger partial charge on any atom is -0.339 e. The van der Waals surface area contributed by atoms with Crippen molar-refractivity contribution < 1.29 is 9.18 Å². The van der Waals surface area contributed by atoms with Crippen LogP contribution in [0.15, 0.2) is 42.9 Å². The van der Waals surface area contributed by atoms with Crippen molar-refractivity contribution in [3.8, 4) is 11.1 Å². The number of aryl methyl sites for hydroxylation is 1. The number of nitrogens with zero attached hydrogens (tertiary/aromatic N) is 4. The van der Waals surface area contributed by atoms with Gasteiger partial charge < -0.3 is 4.90 Å². The summed E-state index contributed by atoms with van der Waals surface area (Å²) < 4.78 is 13.6. The average Bonchev–Trinajstić information content (AvgIpc) is 3.23. The molecule has 0 atom stereocenters. The normalized spacial score (nSPS) is 15.0. The van der Waals surface area contributed by atoms with Crippen LogP contribution in [0, 0.1) is 5.82 Å². The van der Waals surface area contributed by atoms with E-state index >= 15 is 0 Å². The third-order valence-electron chi connectivity index (χ3n) is 5.26. The van der Waals surface area contributed by atoms with E-state index in [0.717, 1.165) is 41.9 Å². The molecular weight excluding hydrogens is 357 g/mol. The number of aromatic nitrogens is 4. The molecule has 0 aliphatic carbocycles. The van der Waals surface area contributed by atoms with Crippen molar-refractivity contribution in [2.24, 2.45) is 0 Å². The van der Waals surface area contributed by atoms with E-state index in [1.807, 2.05) is 17.9 Å². The van der Waals surface area contributed by atoms with Crippen LogP contribution in [0.2, 0.25) is 0 Å². The van der Waals surface area contributed by atoms with Crippen molar-refractivity contribution in [1.82, 2.24) is 25.1 Å². The zero-order valence-corrected chi connectivity index (χ0v) is 15.7. The Morgan fingerprint density at radius 3 is 2.64 bits per heavy atom. The first-order valence-electron chi connectivity index (χ1n) is 9.55. The highest BCUT2D eigenvalue weighted by Gasteiger charge is 2.27. The highest BCUT2D eigenvalue weighted by molar-refractivity contribution is 5.93. The predicted octanol–water partition coefficient (Wildman–Crippen LogP) is 3.59. The molecule has 3 heterocycles. The Bertz CT molecular complexity index is 961. The van der Waals surface area contributed by atoms with Crippen LogP contribution in [0.1, 0.15) is 47.6 Å². The number of carbonyl (C=O) groups excluding carboxylic acids is 1. The number of piperidine rings is 1. The number of rotatable bonds is 4. The van der Waals surface area contributed by atoms with Crippen LogP contribution in [0.25, 0.3) is 11.1 Å². The lowest BCUT2D eigenvalue weighted by Crippen LogP contribution is -2.38. The van der Waals surface area contributed by atoms with Crippen molar-refractivity contribution in [1.29, 1.82) is 0 Å². The summed E-state index contributed by atoms with van der Waals surface area (Å²) in [6.07, 6.45) is 7.36. The molecule has 6 nitrogen and oxygen atoms in total. The van der Waals surface area contributed by atoms with E-state index < -0.39 is 0 Å². The van der Waals surface area contributed by atoms with Gasteiger partial charge in [0.2, 0.25) is 0 Å². The van der Waals surface area contributed by atoms with Gasteiger partial charge in [-0.25, -0.2) is 14.4 Å². The molecule has 1 N–H and O–H groups in total. The third kappa shape index (κ3) is 3.65. The fraction of sp³-hybridized carbons (Fsp3) is 0.333. The number of halogens is 1. The minimum absolute atomic E-state index is 0.0314. The second kappa shape index (κ2) is 7.88. The zero-order valence-electron chi connectivity index (χ0n) is 15.7. The Hall–Kier alpha value is -3.09. The quantitative estimate of drug-likeness (QED) is 0.752. The fourth-order valence-electron chi connectivity index (χ4n) is 3.70. The number of H-pyrrole nitrogens is 1. The van der Waals surface area contributed by atoms with Crippen LogP contribution in [-0.2, 0) is 6.42 Å². The molecule has 0 spiro atoms. The van der Waals surface area contributed by atoms with Gasteiger partial charge in [0.1, 0.15) is 11.6 Å². The summed E-state index contributed by atoms with van der Waals surface area (Å²) in [5.41, 5.74) is 3.27. The summed E-state index contributed by atoms with van der Waals surface area (Å²) >= 11 is 0. The Kier molecular flexibility index (Phi) is 5.14. The van der Waals surface area contributed by atoms with Crippen molar-refractivity contribution >= 4 is 5.91 Å². The Morgan fingerprint density at radius 1 is 1.21 bits per heavy atom. The monoisotopic (exact) mass is 379 g/mol. The molecule has 1 aromatic carbocycles. The molecular formula is C21H22FN5O. The van der Waals surface area contributed by atoms with Gasteiger partial charge in [0, 0.05) is 49.1 Å². The lowest BCUT2D eigenvalue weighted by atomic mass is 9.89. The largest absolute Gasteiger partial charge is 0.339 e. The Labute approximate surface area is 162 Å². The Balaban J connectivity index is 1.45. The van der Waals surface area contributed by atoms with E-state index in [-0.39, 0.29) is 17.6 Å². The van der Waals surface area contributed by atoms with Crippen LogP contribution in [0.5, 0.6) is 0 Å². The number of aromatic amines is 1. The molecule has 144 valence electrons. The maximum Gasteiger partial charge on any atom is 0.256 e. The topological polar surface area (TPSA) is 74.8 Å². The molecule has 0 unspecified atom stereocenters. The van der Waals surface area contributed by atoms with E-state index in [1.54, 1.807) is 24.7 Å². The van der Waals surface area contributed by atoms with E-state index in [4.69, 9.17) is 0 Å². The highest BCUT2D eigenvalue weighted by atomic mass is 19.1. The maximum atomic E-state index is 13.6. The van der Waals surface area contributed by atoms with E-state index in [2.05, 4.69) is 20.2 Å². The van der Waals surface area contributed by atoms with E-state index in [0.29, 0.717) is 18.7 Å². The third-order valence-corrected chi connectivity index (χ3v) is 5.26. The fourth-order valence-corrected chi connectivity index (χ4v) is 3.70. The van der Waals surface area contributed by atoms with Crippen molar-refractivity contribution in [2.75, 3.05) is 13.1 Å². The van der Waals surface area contributed by atoms with Gasteiger partial charge in [-0.2, -0.15) is 5.10 Å². The SMILES string of the molecule is CCc1ncc(C(=O)N2CCC(c3[nH]ncc3-c3cccc(F)c3)CC2)cn1. The summed E-state index contributed by atoms with van der Waals surface area (Å²) in [6, 6.07) is 6.54. The van der Waals surface area contributed by atoms with E-state index in [1.165, 1.54) is 12.1 Å². The summed E-state index contributed by atoms with van der Waals surface area (Å²) in [6.45, 7) is 3.29. The van der Waals surface area contributed by atoms with Crippen LogP contribution < -0.4 is 0 Å². The molecule has 0 radical (unpaired) electrons. The summed E-state index contributed by atoms with van der Waals surface area (Å²) in [7, 11) is 0. The molecule has 1 saturated heterocycles. The van der Waals surface area contributed by atoms with Gasteiger partial charge in [0.25, 0.3) is 5.91 Å². The number of hydrogen-bond donors (Lipinski definition) is 1. The molecule has 7 heteroatoms. The summed E-state index contributed by atoms with van der Waals surface area (Å²) in [5, 5.41) is 7.26. The van der Waals surface area contributed by atoms with Crippen molar-refractivity contribution in [2.45, 2.75) is 32.1 Å². The first-order chi connectivity index (χ1) is 13.7. The van der Waals surface area contributed by atoms with Crippen LogP contribution in [0.3, 0.4) is 0 Å². The van der Waals surface area contributed by atoms with Crippen LogP contribution in [0.4, 0.5) is 4.39 Å². The first kappa shape index (κ1) is 18.3. The second-order valence-corrected chi connectivity index (χ2v) is 7.02. The van der Waals surface area contributed by atoms with Gasteiger partial charge in [-0.15, -0.1) is 0 Å². The van der Waals surface area contributed by atoms with Crippen molar-refractivity contribution in [3.05, 3.63) is 65.8 Å². The second-order valence-electron chi connectivity index (χ2n) is 7.02. The van der Waals surface area contributed by atoms with Gasteiger partial charge in [-0.3, -0.25) is 9.89 Å². The van der Waals surface area contributed by atoms with Crippen LogP contribution in [-0.4, -0.2) is 44.1 Å². The number of benzene rings is 1. The summed E-state index contributed by atoms with van der Waals surface area (Å²) in [5.74, 6) is 0.695. The zero-order chi connectivity index (χ0) is 19.5. The lowest BCUT2D eigenvalue weighted by molar-refractivity contribution is 0.0711. The number of amides is 1. The van der Waals surface area contributed by atoms with Gasteiger partial charge in [-0.1, -0.05) is 19.1 Å². The van der Waals surface area contributed by atoms with Crippen molar-refractivity contribution in [3.63, 3.8) is 0 Å². The molecule has 0 bridgehead atoms. The molecule has 1 aliphatic rings. The first-order valence-corrected chi connectivity index (χ1v) is 9.55. The van der Waals surface area contributed by atoms with Gasteiger partial charge in [0.05, 0.1) is 11.8 Å². The molecule has 0 saturated carbocycles. The number of hydrogen-bond acceptors (Lipinski definition) is 4. The number of carbonyl (C=O) groups is 1. The molecule has 1 fully saturated rings. The highest BCUT2D eigenvalue weighted by Crippen LogP contribution is 2.34. The van der Waals surface area contributed by atoms with Gasteiger partial charge >= 0.3 is 0 Å². The Morgan fingerprint density at radius 2 is 1.96 bits per heavy atom. The average molecular weight is 379 g/mol. The van der Waals surface area contributed by atoms with Gasteiger partial charge in [0.15, 0.2) is 0 Å². The molecule has 1 aliphatic heterocycles. The molecule has 3 aromatic rings. The molecule has 1 amide bonds. The van der Waals surface area contributed by atoms with E-state index in [9.17, 15) is 9.18 Å². The predicted molar refractivity (Wildman–Crippen MR) is 103 cm³/mol. The summed E-state index contributed by atoms with van der Waals surface area (Å²) in [4.78, 5) is 23.0. The molecule has 28 heavy (non-hydrogen) atoms. The maximum absolute atomic E-state index is 13.6. The smallest absolute Gasteiger partial charge is 0.256 e. The number of nitrogens with one attached hydrogen (secondary N) is 1.